The van der Waals surface area contributed by atoms with E-state index in [0.717, 1.165) is 34.4 Å². The third kappa shape index (κ3) is 2.92. The first-order chi connectivity index (χ1) is 9.81. The second-order valence-electron chi connectivity index (χ2n) is 5.64. The zero-order valence-electron chi connectivity index (χ0n) is 14.4. The van der Waals surface area contributed by atoms with Crippen molar-refractivity contribution in [3.05, 3.63) is 22.3 Å². The average molecular weight is 292 g/mol. The lowest BCUT2D eigenvalue weighted by Gasteiger charge is -2.36. The summed E-state index contributed by atoms with van der Waals surface area (Å²) in [5, 5.41) is 10.1. The summed E-state index contributed by atoms with van der Waals surface area (Å²) in [4.78, 5) is 12.1. The van der Waals surface area contributed by atoms with Gasteiger partial charge in [-0.05, 0) is 57.2 Å². The third-order valence-corrected chi connectivity index (χ3v) is 4.43. The van der Waals surface area contributed by atoms with Crippen LogP contribution in [0.25, 0.3) is 0 Å². The first-order valence-corrected chi connectivity index (χ1v) is 7.85. The third-order valence-electron chi connectivity index (χ3n) is 4.43. The van der Waals surface area contributed by atoms with Gasteiger partial charge in [0, 0.05) is 12.0 Å². The Hall–Kier alpha value is -1.51. The van der Waals surface area contributed by atoms with Crippen LogP contribution in [0.2, 0.25) is 0 Å². The van der Waals surface area contributed by atoms with Crippen LogP contribution in [-0.4, -0.2) is 16.5 Å². The summed E-state index contributed by atoms with van der Waals surface area (Å²) in [6.07, 6.45) is 1.94. The highest BCUT2D eigenvalue weighted by Gasteiger charge is 2.39. The molecule has 0 saturated heterocycles. The lowest BCUT2D eigenvalue weighted by atomic mass is 9.84. The fourth-order valence-corrected chi connectivity index (χ4v) is 2.82. The Morgan fingerprint density at radius 3 is 2.29 bits per heavy atom. The Kier molecular flexibility index (Phi) is 5.43. The lowest BCUT2D eigenvalue weighted by molar-refractivity contribution is -0.134. The topological polar surface area (TPSA) is 46.5 Å². The van der Waals surface area contributed by atoms with Crippen molar-refractivity contribution in [1.82, 2.24) is 0 Å². The number of fused-ring (bicyclic) bond motifs is 1. The van der Waals surface area contributed by atoms with Crippen molar-refractivity contribution in [3.63, 3.8) is 0 Å². The Bertz CT molecular complexity index is 546. The van der Waals surface area contributed by atoms with Crippen LogP contribution in [0.5, 0.6) is 11.5 Å². The Balaban J connectivity index is 0.00000106. The summed E-state index contributed by atoms with van der Waals surface area (Å²) < 4.78 is 6.06. The fraction of sp³-hybridized carbons (Fsp3) is 0.611. The highest BCUT2D eigenvalue weighted by molar-refractivity contribution is 5.87. The van der Waals surface area contributed by atoms with Crippen molar-refractivity contribution in [2.75, 3.05) is 0 Å². The van der Waals surface area contributed by atoms with E-state index in [9.17, 15) is 9.90 Å². The highest BCUT2D eigenvalue weighted by Crippen LogP contribution is 2.43. The number of ether oxygens (including phenoxy) is 1. The number of carbonyl (C=O) groups is 1. The molecule has 1 aromatic carbocycles. The summed E-state index contributed by atoms with van der Waals surface area (Å²) >= 11 is 0. The molecule has 1 aliphatic heterocycles. The van der Waals surface area contributed by atoms with Crippen molar-refractivity contribution in [1.29, 1.82) is 0 Å². The number of phenolic OH excluding ortho intramolecular Hbond substituents is 1. The maximum absolute atomic E-state index is 12.1. The molecule has 3 nitrogen and oxygen atoms in total. The van der Waals surface area contributed by atoms with Crippen molar-refractivity contribution in [3.8, 4) is 11.5 Å². The van der Waals surface area contributed by atoms with Crippen LogP contribution in [-0.2, 0) is 11.2 Å². The van der Waals surface area contributed by atoms with Gasteiger partial charge in [0.2, 0.25) is 0 Å². The molecule has 0 fully saturated rings. The maximum Gasteiger partial charge on any atom is 0.175 e. The van der Waals surface area contributed by atoms with Crippen LogP contribution in [0, 0.1) is 20.8 Å². The predicted octanol–water partition coefficient (Wildman–Crippen LogP) is 4.41. The van der Waals surface area contributed by atoms with E-state index in [1.807, 2.05) is 48.5 Å². The van der Waals surface area contributed by atoms with Gasteiger partial charge in [-0.2, -0.15) is 0 Å². The molecule has 0 aliphatic carbocycles. The molecular weight excluding hydrogens is 264 g/mol. The summed E-state index contributed by atoms with van der Waals surface area (Å²) in [7, 11) is 0. The summed E-state index contributed by atoms with van der Waals surface area (Å²) in [6, 6.07) is 0. The number of hydrogen-bond donors (Lipinski definition) is 1. The molecule has 0 bridgehead atoms. The van der Waals surface area contributed by atoms with Crippen LogP contribution >= 0.6 is 0 Å². The number of rotatable bonds is 2. The number of Topliss-reactive ketones (excluding diaryl/α,β-unsaturated/α-hetero) is 1. The van der Waals surface area contributed by atoms with Gasteiger partial charge in [0.15, 0.2) is 11.4 Å². The molecule has 21 heavy (non-hydrogen) atoms. The molecule has 1 heterocycles. The smallest absolute Gasteiger partial charge is 0.175 e. The van der Waals surface area contributed by atoms with Gasteiger partial charge in [-0.15, -0.1) is 0 Å². The van der Waals surface area contributed by atoms with E-state index in [2.05, 4.69) is 0 Å². The molecule has 0 radical (unpaired) electrons. The number of carbonyl (C=O) groups excluding carboxylic acids is 1. The van der Waals surface area contributed by atoms with Gasteiger partial charge in [-0.1, -0.05) is 20.8 Å². The zero-order chi connectivity index (χ0) is 16.4. The largest absolute Gasteiger partial charge is 0.507 e. The first kappa shape index (κ1) is 17.5. The van der Waals surface area contributed by atoms with Gasteiger partial charge in [0.05, 0.1) is 0 Å². The van der Waals surface area contributed by atoms with Crippen molar-refractivity contribution < 1.29 is 14.6 Å². The normalized spacial score (nSPS) is 20.0. The minimum Gasteiger partial charge on any atom is -0.507 e. The summed E-state index contributed by atoms with van der Waals surface area (Å²) in [6.45, 7) is 13.5. The van der Waals surface area contributed by atoms with Gasteiger partial charge >= 0.3 is 0 Å². The second-order valence-corrected chi connectivity index (χ2v) is 5.64. The number of phenols is 1. The molecule has 0 amide bonds. The fourth-order valence-electron chi connectivity index (χ4n) is 2.82. The van der Waals surface area contributed by atoms with Crippen molar-refractivity contribution in [2.45, 2.75) is 73.3 Å². The highest BCUT2D eigenvalue weighted by atomic mass is 16.5. The molecule has 0 aromatic heterocycles. The molecular formula is C18H28O3. The van der Waals surface area contributed by atoms with Gasteiger partial charge < -0.3 is 9.84 Å². The SMILES string of the molecule is CC.CCC(=O)[C@]1(C)CCc2c(C)c(O)c(C)c(C)c2O1. The minimum absolute atomic E-state index is 0.140. The molecule has 1 N–H and O–H groups in total. The van der Waals surface area contributed by atoms with Crippen molar-refractivity contribution in [2.24, 2.45) is 0 Å². The van der Waals surface area contributed by atoms with Crippen LogP contribution in [0.3, 0.4) is 0 Å². The van der Waals surface area contributed by atoms with Crippen molar-refractivity contribution >= 4 is 5.78 Å². The summed E-state index contributed by atoms with van der Waals surface area (Å²) in [5.74, 6) is 1.29. The molecule has 1 aliphatic rings. The lowest BCUT2D eigenvalue weighted by Crippen LogP contribution is -2.44. The number of hydrogen-bond acceptors (Lipinski definition) is 3. The van der Waals surface area contributed by atoms with E-state index >= 15 is 0 Å². The molecule has 0 spiro atoms. The molecule has 2 rings (SSSR count). The molecule has 3 heteroatoms. The Morgan fingerprint density at radius 1 is 1.19 bits per heavy atom. The Labute approximate surface area is 128 Å². The van der Waals surface area contributed by atoms with Crippen LogP contribution in [0.4, 0.5) is 0 Å². The number of ketones is 1. The van der Waals surface area contributed by atoms with Crippen LogP contribution in [0.1, 0.15) is 62.8 Å². The minimum atomic E-state index is -0.720. The van der Waals surface area contributed by atoms with Gasteiger partial charge in [0.1, 0.15) is 11.5 Å². The second kappa shape index (κ2) is 6.50. The number of benzene rings is 1. The monoisotopic (exact) mass is 292 g/mol. The van der Waals surface area contributed by atoms with E-state index < -0.39 is 5.60 Å². The van der Waals surface area contributed by atoms with E-state index in [0.29, 0.717) is 18.6 Å². The molecule has 0 saturated carbocycles. The molecule has 118 valence electrons. The summed E-state index contributed by atoms with van der Waals surface area (Å²) in [5.41, 5.74) is 2.98. The first-order valence-electron chi connectivity index (χ1n) is 7.85. The van der Waals surface area contributed by atoms with Crippen LogP contribution in [0.15, 0.2) is 0 Å². The van der Waals surface area contributed by atoms with E-state index in [1.54, 1.807) is 0 Å². The zero-order valence-corrected chi connectivity index (χ0v) is 14.4. The van der Waals surface area contributed by atoms with E-state index in [1.165, 1.54) is 0 Å². The van der Waals surface area contributed by atoms with E-state index in [-0.39, 0.29) is 5.78 Å². The van der Waals surface area contributed by atoms with Gasteiger partial charge in [-0.3, -0.25) is 4.79 Å². The van der Waals surface area contributed by atoms with Crippen LogP contribution < -0.4 is 4.74 Å². The Morgan fingerprint density at radius 2 is 1.76 bits per heavy atom. The molecule has 0 unspecified atom stereocenters. The maximum atomic E-state index is 12.1. The molecule has 1 atom stereocenters. The molecule has 1 aromatic rings. The van der Waals surface area contributed by atoms with Gasteiger partial charge in [0.25, 0.3) is 0 Å². The van der Waals surface area contributed by atoms with E-state index in [4.69, 9.17) is 4.74 Å². The standard InChI is InChI=1S/C16H22O3.C2H6/c1-6-13(17)16(5)8-7-12-11(4)14(18)9(2)10(3)15(12)19-16;1-2/h18H,6-8H2,1-5H3;1-2H3/t16-;/m0./s1. The predicted molar refractivity (Wildman–Crippen MR) is 86.3 cm³/mol. The quantitative estimate of drug-likeness (QED) is 0.878. The van der Waals surface area contributed by atoms with Gasteiger partial charge in [-0.25, -0.2) is 0 Å². The average Bonchev–Trinajstić information content (AvgIpc) is 2.51. The number of aromatic hydroxyl groups is 1.